The lowest BCUT2D eigenvalue weighted by Gasteiger charge is -2.52. The predicted molar refractivity (Wildman–Crippen MR) is 102 cm³/mol. The molecule has 1 aliphatic heterocycles. The standard InChI is InChI=1S/C20H29ClN2O2/c1-14-5-6-15(11-17(14)21)22-16-12-20(13-16)7-9-23(10-8-20)18(24)25-19(2,3)4/h5-6,11,16,22H,7-10,12-13H2,1-4H3. The van der Waals surface area contributed by atoms with Crippen molar-refractivity contribution >= 4 is 23.4 Å². The molecule has 1 saturated heterocycles. The summed E-state index contributed by atoms with van der Waals surface area (Å²) < 4.78 is 5.48. The number of likely N-dealkylation sites (tertiary alicyclic amines) is 1. The van der Waals surface area contributed by atoms with Crippen LogP contribution in [0.15, 0.2) is 18.2 Å². The van der Waals surface area contributed by atoms with Crippen molar-refractivity contribution in [3.05, 3.63) is 28.8 Å². The van der Waals surface area contributed by atoms with Gasteiger partial charge in [-0.15, -0.1) is 0 Å². The third kappa shape index (κ3) is 4.41. The minimum atomic E-state index is -0.424. The maximum atomic E-state index is 12.2. The first-order valence-corrected chi connectivity index (χ1v) is 9.54. The number of rotatable bonds is 2. The monoisotopic (exact) mass is 364 g/mol. The zero-order chi connectivity index (χ0) is 18.2. The van der Waals surface area contributed by atoms with Gasteiger partial charge in [-0.3, -0.25) is 0 Å². The fraction of sp³-hybridized carbons (Fsp3) is 0.650. The van der Waals surface area contributed by atoms with Crippen LogP contribution < -0.4 is 5.32 Å². The third-order valence-corrected chi connectivity index (χ3v) is 5.78. The molecule has 2 aliphatic rings. The Morgan fingerprint density at radius 3 is 2.48 bits per heavy atom. The van der Waals surface area contributed by atoms with Crippen molar-refractivity contribution in [2.45, 2.75) is 65.0 Å². The first-order chi connectivity index (χ1) is 11.7. The number of anilines is 1. The Balaban J connectivity index is 1.46. The maximum Gasteiger partial charge on any atom is 0.410 e. The highest BCUT2D eigenvalue weighted by Gasteiger charge is 2.46. The van der Waals surface area contributed by atoms with Gasteiger partial charge in [0.1, 0.15) is 5.60 Å². The van der Waals surface area contributed by atoms with Crippen LogP contribution in [0, 0.1) is 12.3 Å². The van der Waals surface area contributed by atoms with Crippen LogP contribution in [0.5, 0.6) is 0 Å². The highest BCUT2D eigenvalue weighted by Crippen LogP contribution is 2.50. The van der Waals surface area contributed by atoms with Crippen molar-refractivity contribution in [2.24, 2.45) is 5.41 Å². The molecular weight excluding hydrogens is 336 g/mol. The van der Waals surface area contributed by atoms with Crippen LogP contribution in [0.3, 0.4) is 0 Å². The van der Waals surface area contributed by atoms with Gasteiger partial charge < -0.3 is 15.0 Å². The van der Waals surface area contributed by atoms with E-state index in [-0.39, 0.29) is 6.09 Å². The second kappa shape index (κ2) is 6.71. The molecule has 1 amide bonds. The lowest BCUT2D eigenvalue weighted by atomic mass is 9.60. The fourth-order valence-electron chi connectivity index (χ4n) is 3.90. The number of halogens is 1. The van der Waals surface area contributed by atoms with E-state index in [0.717, 1.165) is 42.2 Å². The van der Waals surface area contributed by atoms with Gasteiger partial charge >= 0.3 is 6.09 Å². The summed E-state index contributed by atoms with van der Waals surface area (Å²) >= 11 is 6.20. The predicted octanol–water partition coefficient (Wildman–Crippen LogP) is 5.24. The van der Waals surface area contributed by atoms with E-state index in [4.69, 9.17) is 16.3 Å². The summed E-state index contributed by atoms with van der Waals surface area (Å²) in [5.74, 6) is 0. The number of piperidine rings is 1. The molecule has 3 rings (SSSR count). The number of amides is 1. The Bertz CT molecular complexity index is 638. The summed E-state index contributed by atoms with van der Waals surface area (Å²) in [5, 5.41) is 4.40. The van der Waals surface area contributed by atoms with Crippen LogP contribution in [0.1, 0.15) is 52.0 Å². The van der Waals surface area contributed by atoms with Gasteiger partial charge in [-0.25, -0.2) is 4.79 Å². The first-order valence-electron chi connectivity index (χ1n) is 9.16. The fourth-order valence-corrected chi connectivity index (χ4v) is 4.08. The summed E-state index contributed by atoms with van der Waals surface area (Å²) in [6, 6.07) is 6.66. The van der Waals surface area contributed by atoms with E-state index in [0.29, 0.717) is 11.5 Å². The van der Waals surface area contributed by atoms with Crippen LogP contribution >= 0.6 is 11.6 Å². The lowest BCUT2D eigenvalue weighted by Crippen LogP contribution is -2.53. The molecule has 1 spiro atoms. The maximum absolute atomic E-state index is 12.2. The molecule has 25 heavy (non-hydrogen) atoms. The van der Waals surface area contributed by atoms with Crippen molar-refractivity contribution in [3.63, 3.8) is 0 Å². The molecular formula is C20H29ClN2O2. The van der Waals surface area contributed by atoms with Crippen molar-refractivity contribution in [1.29, 1.82) is 0 Å². The van der Waals surface area contributed by atoms with E-state index >= 15 is 0 Å². The Hall–Kier alpha value is -1.42. The van der Waals surface area contributed by atoms with E-state index < -0.39 is 5.60 Å². The highest BCUT2D eigenvalue weighted by molar-refractivity contribution is 6.31. The Labute approximate surface area is 155 Å². The Kier molecular flexibility index (Phi) is 4.93. The average Bonchev–Trinajstić information content (AvgIpc) is 2.48. The van der Waals surface area contributed by atoms with E-state index in [1.807, 2.05) is 38.7 Å². The Morgan fingerprint density at radius 2 is 1.92 bits per heavy atom. The molecule has 0 atom stereocenters. The molecule has 1 N–H and O–H groups in total. The topological polar surface area (TPSA) is 41.6 Å². The number of ether oxygens (including phenoxy) is 1. The summed E-state index contributed by atoms with van der Waals surface area (Å²) in [6.07, 6.45) is 4.30. The van der Waals surface area contributed by atoms with Gasteiger partial charge in [0, 0.05) is 29.8 Å². The average molecular weight is 365 g/mol. The molecule has 1 heterocycles. The van der Waals surface area contributed by atoms with Gasteiger partial charge in [-0.2, -0.15) is 0 Å². The Morgan fingerprint density at radius 1 is 1.28 bits per heavy atom. The molecule has 1 aromatic carbocycles. The number of nitrogens with one attached hydrogen (secondary N) is 1. The zero-order valence-corrected chi connectivity index (χ0v) is 16.4. The van der Waals surface area contributed by atoms with Gasteiger partial charge in [0.05, 0.1) is 0 Å². The number of aryl methyl sites for hydroxylation is 1. The molecule has 0 radical (unpaired) electrons. The number of hydrogen-bond donors (Lipinski definition) is 1. The quantitative estimate of drug-likeness (QED) is 0.780. The lowest BCUT2D eigenvalue weighted by molar-refractivity contribution is -0.00859. The summed E-state index contributed by atoms with van der Waals surface area (Å²) in [7, 11) is 0. The van der Waals surface area contributed by atoms with Crippen molar-refractivity contribution in [3.8, 4) is 0 Å². The van der Waals surface area contributed by atoms with Crippen LogP contribution in [-0.4, -0.2) is 35.7 Å². The van der Waals surface area contributed by atoms with Crippen molar-refractivity contribution < 1.29 is 9.53 Å². The van der Waals surface area contributed by atoms with E-state index in [1.165, 1.54) is 12.8 Å². The van der Waals surface area contributed by atoms with Crippen LogP contribution in [0.2, 0.25) is 5.02 Å². The van der Waals surface area contributed by atoms with Crippen LogP contribution in [-0.2, 0) is 4.74 Å². The number of carbonyl (C=O) groups excluding carboxylic acids is 1. The van der Waals surface area contributed by atoms with E-state index in [9.17, 15) is 4.79 Å². The van der Waals surface area contributed by atoms with Crippen LogP contribution in [0.4, 0.5) is 10.5 Å². The molecule has 138 valence electrons. The van der Waals surface area contributed by atoms with Gasteiger partial charge in [-0.1, -0.05) is 17.7 Å². The molecule has 1 aromatic rings. The second-order valence-corrected chi connectivity index (χ2v) is 9.09. The molecule has 0 aromatic heterocycles. The molecule has 2 fully saturated rings. The number of carbonyl (C=O) groups is 1. The minimum Gasteiger partial charge on any atom is -0.444 e. The van der Waals surface area contributed by atoms with Crippen LogP contribution in [0.25, 0.3) is 0 Å². The molecule has 4 nitrogen and oxygen atoms in total. The smallest absolute Gasteiger partial charge is 0.410 e. The van der Waals surface area contributed by atoms with Gasteiger partial charge in [0.25, 0.3) is 0 Å². The number of hydrogen-bond acceptors (Lipinski definition) is 3. The van der Waals surface area contributed by atoms with E-state index in [2.05, 4.69) is 17.4 Å². The zero-order valence-electron chi connectivity index (χ0n) is 15.7. The van der Waals surface area contributed by atoms with E-state index in [1.54, 1.807) is 0 Å². The number of nitrogens with zero attached hydrogens (tertiary/aromatic N) is 1. The minimum absolute atomic E-state index is 0.175. The second-order valence-electron chi connectivity index (χ2n) is 8.68. The van der Waals surface area contributed by atoms with Gasteiger partial charge in [-0.05, 0) is 76.5 Å². The number of benzene rings is 1. The SMILES string of the molecule is Cc1ccc(NC2CC3(CCN(C(=O)OC(C)(C)C)CC3)C2)cc1Cl. The first kappa shape index (κ1) is 18.4. The molecule has 5 heteroatoms. The summed E-state index contributed by atoms with van der Waals surface area (Å²) in [4.78, 5) is 14.0. The summed E-state index contributed by atoms with van der Waals surface area (Å²) in [6.45, 7) is 9.36. The van der Waals surface area contributed by atoms with Crippen molar-refractivity contribution in [1.82, 2.24) is 4.90 Å². The molecule has 0 bridgehead atoms. The molecule has 1 aliphatic carbocycles. The molecule has 0 unspecified atom stereocenters. The largest absolute Gasteiger partial charge is 0.444 e. The van der Waals surface area contributed by atoms with Gasteiger partial charge in [0.15, 0.2) is 0 Å². The highest BCUT2D eigenvalue weighted by atomic mass is 35.5. The molecule has 1 saturated carbocycles. The van der Waals surface area contributed by atoms with Crippen molar-refractivity contribution in [2.75, 3.05) is 18.4 Å². The normalized spacial score (nSPS) is 20.3. The summed E-state index contributed by atoms with van der Waals surface area (Å²) in [5.41, 5.74) is 2.17. The third-order valence-electron chi connectivity index (χ3n) is 5.38. The van der Waals surface area contributed by atoms with Gasteiger partial charge in [0.2, 0.25) is 0 Å².